The molecule has 4 nitrogen and oxygen atoms in total. The molecule has 48 heavy (non-hydrogen) atoms. The molecule has 6 aromatic rings. The maximum Gasteiger partial charge on any atom is 0.160 e. The minimum absolute atomic E-state index is 0.125. The van der Waals surface area contributed by atoms with Gasteiger partial charge in [0.05, 0.1) is 11.2 Å². The van der Waals surface area contributed by atoms with Gasteiger partial charge in [-0.15, -0.1) is 6.58 Å². The number of aromatic nitrogens is 2. The zero-order valence-electron chi connectivity index (χ0n) is 28.0. The highest BCUT2D eigenvalue weighted by Gasteiger charge is 2.15. The highest BCUT2D eigenvalue weighted by atomic mass is 15.0. The van der Waals surface area contributed by atoms with Crippen LogP contribution in [0.3, 0.4) is 0 Å². The van der Waals surface area contributed by atoms with Crippen LogP contribution in [-0.4, -0.2) is 28.1 Å². The first-order chi connectivity index (χ1) is 23.4. The normalized spacial score (nSPS) is 13.5. The topological polar surface area (TPSA) is 50.5 Å². The summed E-state index contributed by atoms with van der Waals surface area (Å²) in [5.74, 6) is 0.831. The molecule has 0 radical (unpaired) electrons. The van der Waals surface area contributed by atoms with Gasteiger partial charge in [0.2, 0.25) is 0 Å². The molecule has 0 saturated carbocycles. The van der Waals surface area contributed by atoms with Gasteiger partial charge >= 0.3 is 0 Å². The summed E-state index contributed by atoms with van der Waals surface area (Å²) in [6.45, 7) is 12.2. The second-order valence-electron chi connectivity index (χ2n) is 12.0. The molecule has 4 heteroatoms. The number of para-hydroxylation sites is 1. The molecule has 0 fully saturated rings. The molecule has 1 heterocycles. The lowest BCUT2D eigenvalue weighted by atomic mass is 9.92. The van der Waals surface area contributed by atoms with Crippen molar-refractivity contribution in [1.82, 2.24) is 9.97 Å². The molecule has 1 aromatic heterocycles. The van der Waals surface area contributed by atoms with E-state index in [0.717, 1.165) is 50.1 Å². The van der Waals surface area contributed by atoms with Gasteiger partial charge in [-0.1, -0.05) is 134 Å². The van der Waals surface area contributed by atoms with Crippen molar-refractivity contribution >= 4 is 28.4 Å². The van der Waals surface area contributed by atoms with Gasteiger partial charge in [0.25, 0.3) is 0 Å². The fourth-order valence-corrected chi connectivity index (χ4v) is 5.88. The van der Waals surface area contributed by atoms with Crippen molar-refractivity contribution in [2.24, 2.45) is 15.9 Å². The quantitative estimate of drug-likeness (QED) is 0.112. The van der Waals surface area contributed by atoms with Crippen molar-refractivity contribution < 1.29 is 0 Å². The monoisotopic (exact) mass is 624 g/mol. The average molecular weight is 625 g/mol. The predicted octanol–water partition coefficient (Wildman–Crippen LogP) is 11.1. The molecule has 236 valence electrons. The Hall–Kier alpha value is -5.74. The van der Waals surface area contributed by atoms with E-state index in [1.807, 2.05) is 44.3 Å². The second-order valence-corrected chi connectivity index (χ2v) is 12.0. The molecule has 0 aliphatic rings. The Labute approximate surface area is 284 Å². The van der Waals surface area contributed by atoms with Gasteiger partial charge < -0.3 is 0 Å². The van der Waals surface area contributed by atoms with Gasteiger partial charge in [-0.2, -0.15) is 0 Å². The first kappa shape index (κ1) is 32.2. The van der Waals surface area contributed by atoms with E-state index in [-0.39, 0.29) is 12.1 Å². The Bertz CT molecular complexity index is 2120. The maximum absolute atomic E-state index is 5.15. The second kappa shape index (κ2) is 14.8. The minimum Gasteiger partial charge on any atom is -0.271 e. The first-order valence-electron chi connectivity index (χ1n) is 16.4. The Morgan fingerprint density at radius 1 is 0.708 bits per heavy atom. The van der Waals surface area contributed by atoms with Crippen LogP contribution in [0.4, 0.5) is 0 Å². The lowest BCUT2D eigenvalue weighted by Gasteiger charge is -2.15. The van der Waals surface area contributed by atoms with Crippen LogP contribution in [0.15, 0.2) is 156 Å². The van der Waals surface area contributed by atoms with Crippen molar-refractivity contribution in [2.75, 3.05) is 0 Å². The highest BCUT2D eigenvalue weighted by Crippen LogP contribution is 2.33. The standard InChI is InChI=1S/C44H40N4/c1-6-30(3)43(45-7-2)46-32(5)29-40(38-18-12-11-15-31(38)4)35-23-25-36(26-24-35)42-39-19-13-14-20-41(39)47-44(48-42)37-27-21-34(22-28-37)33-16-9-8-10-17-33/h6-30,43H,1H2,2-5H3/b40-29-,45-7-,46-32+. The molecule has 2 atom stereocenters. The molecule has 0 spiro atoms. The predicted molar refractivity (Wildman–Crippen MR) is 205 cm³/mol. The van der Waals surface area contributed by atoms with Crippen LogP contribution < -0.4 is 0 Å². The number of hydrogen-bond donors (Lipinski definition) is 0. The third-order valence-electron chi connectivity index (χ3n) is 8.59. The Morgan fingerprint density at radius 2 is 1.33 bits per heavy atom. The van der Waals surface area contributed by atoms with Crippen molar-refractivity contribution in [3.05, 3.63) is 163 Å². The van der Waals surface area contributed by atoms with E-state index in [4.69, 9.17) is 15.0 Å². The van der Waals surface area contributed by atoms with Crippen molar-refractivity contribution in [3.63, 3.8) is 0 Å². The fraction of sp³-hybridized carbons (Fsp3) is 0.136. The summed E-state index contributed by atoms with van der Waals surface area (Å²) >= 11 is 0. The van der Waals surface area contributed by atoms with E-state index in [0.29, 0.717) is 5.82 Å². The van der Waals surface area contributed by atoms with Gasteiger partial charge in [-0.25, -0.2) is 9.97 Å². The largest absolute Gasteiger partial charge is 0.271 e. The molecule has 0 N–H and O–H groups in total. The van der Waals surface area contributed by atoms with Gasteiger partial charge in [-0.05, 0) is 72.5 Å². The van der Waals surface area contributed by atoms with Crippen LogP contribution in [0, 0.1) is 12.8 Å². The molecule has 0 aliphatic heterocycles. The number of nitrogens with zero attached hydrogens (tertiary/aromatic N) is 4. The zero-order chi connectivity index (χ0) is 33.5. The van der Waals surface area contributed by atoms with Crippen LogP contribution in [-0.2, 0) is 0 Å². The third-order valence-corrected chi connectivity index (χ3v) is 8.59. The molecule has 0 saturated heterocycles. The van der Waals surface area contributed by atoms with Gasteiger partial charge in [0.1, 0.15) is 6.17 Å². The summed E-state index contributed by atoms with van der Waals surface area (Å²) < 4.78 is 0. The van der Waals surface area contributed by atoms with Gasteiger partial charge in [0.15, 0.2) is 5.82 Å². The summed E-state index contributed by atoms with van der Waals surface area (Å²) in [5.41, 5.74) is 11.7. The van der Waals surface area contributed by atoms with Crippen LogP contribution in [0.1, 0.15) is 37.5 Å². The number of aryl methyl sites for hydroxylation is 1. The third kappa shape index (κ3) is 7.13. The Balaban J connectivity index is 1.40. The summed E-state index contributed by atoms with van der Waals surface area (Å²) in [7, 11) is 0. The van der Waals surface area contributed by atoms with Crippen LogP contribution >= 0.6 is 0 Å². The molecule has 6 rings (SSSR count). The summed E-state index contributed by atoms with van der Waals surface area (Å²) in [6, 6.07) is 44.3. The smallest absolute Gasteiger partial charge is 0.160 e. The molecule has 5 aromatic carbocycles. The lowest BCUT2D eigenvalue weighted by Crippen LogP contribution is -2.13. The summed E-state index contributed by atoms with van der Waals surface area (Å²) in [5, 5.41) is 1.02. The SMILES string of the molecule is C=CC(C)C(/N=C\C)/N=C(C)/C=C(/c1ccc(-c2nc(-c3ccc(-c4ccccc4)cc3)nc3ccccc23)cc1)c1ccccc1C. The number of allylic oxidation sites excluding steroid dienone is 1. The van der Waals surface area contributed by atoms with Crippen molar-refractivity contribution in [1.29, 1.82) is 0 Å². The molecule has 0 bridgehead atoms. The minimum atomic E-state index is -0.209. The Kier molecular flexibility index (Phi) is 9.92. The van der Waals surface area contributed by atoms with Gasteiger partial charge in [0, 0.05) is 28.1 Å². The van der Waals surface area contributed by atoms with E-state index in [1.165, 1.54) is 16.7 Å². The van der Waals surface area contributed by atoms with E-state index in [2.05, 4.69) is 141 Å². The first-order valence-corrected chi connectivity index (χ1v) is 16.4. The fourth-order valence-electron chi connectivity index (χ4n) is 5.88. The van der Waals surface area contributed by atoms with Crippen LogP contribution in [0.2, 0.25) is 0 Å². The lowest BCUT2D eigenvalue weighted by molar-refractivity contribution is 0.567. The van der Waals surface area contributed by atoms with E-state index in [1.54, 1.807) is 0 Å². The molecule has 2 unspecified atom stereocenters. The number of fused-ring (bicyclic) bond motifs is 1. The van der Waals surface area contributed by atoms with E-state index < -0.39 is 0 Å². The Morgan fingerprint density at radius 3 is 2.04 bits per heavy atom. The molecule has 0 amide bonds. The molecule has 0 aliphatic carbocycles. The summed E-state index contributed by atoms with van der Waals surface area (Å²) in [4.78, 5) is 19.7. The number of benzene rings is 5. The van der Waals surface area contributed by atoms with Gasteiger partial charge in [-0.3, -0.25) is 9.98 Å². The van der Waals surface area contributed by atoms with Crippen molar-refractivity contribution in [2.45, 2.75) is 33.9 Å². The van der Waals surface area contributed by atoms with Crippen LogP contribution in [0.5, 0.6) is 0 Å². The number of rotatable bonds is 10. The van der Waals surface area contributed by atoms with E-state index >= 15 is 0 Å². The average Bonchev–Trinajstić information content (AvgIpc) is 3.14. The maximum atomic E-state index is 5.15. The zero-order valence-corrected chi connectivity index (χ0v) is 28.0. The highest BCUT2D eigenvalue weighted by molar-refractivity contribution is 6.03. The van der Waals surface area contributed by atoms with E-state index in [9.17, 15) is 0 Å². The number of aliphatic imine (C=N–C) groups is 2. The molecular weight excluding hydrogens is 585 g/mol. The van der Waals surface area contributed by atoms with Crippen LogP contribution in [0.25, 0.3) is 50.2 Å². The number of hydrogen-bond acceptors (Lipinski definition) is 4. The molecular formula is C44H40N4. The van der Waals surface area contributed by atoms with Crippen molar-refractivity contribution in [3.8, 4) is 33.8 Å². The summed E-state index contributed by atoms with van der Waals surface area (Å²) in [6.07, 6.45) is 5.68.